The maximum Gasteiger partial charge on any atom is 0.335 e. The standard InChI is InChI=1S/C63H98O29/c1-13-24(2)51(79)91-48-49(83-27(5)67)63-32(20-57(48,6)7)62(92-56(63)80)19-15-31-59(10)17-16-33(58(8,9)30(59)14-18-60(31,11)61(62,12)21-34(63)82-26(4)66)86-55-47(90-53-42(75)39(72)36(69)28(22-64)84-53)44(43(76)45(88-55)50(77)78)87-54-46(40(73)37(70)29(23-65)85-54)89-52-41(74)38(71)35(68)25(3)81-52/h13,25,28-49,52-56,64-65,68-76,80H,14-23H2,1-12H3,(H,77,78). The summed E-state index contributed by atoms with van der Waals surface area (Å²) in [4.78, 5) is 53.9. The van der Waals surface area contributed by atoms with Gasteiger partial charge in [0.25, 0.3) is 0 Å². The zero-order chi connectivity index (χ0) is 67.8. The molecule has 0 aromatic carbocycles. The summed E-state index contributed by atoms with van der Waals surface area (Å²) in [6, 6.07) is 0. The van der Waals surface area contributed by atoms with E-state index >= 15 is 0 Å². The van der Waals surface area contributed by atoms with Crippen molar-refractivity contribution in [2.24, 2.45) is 50.2 Å². The Morgan fingerprint density at radius 3 is 1.68 bits per heavy atom. The molecular weight excluding hydrogens is 1220 g/mol. The fourth-order valence-corrected chi connectivity index (χ4v) is 19.3. The molecule has 524 valence electrons. The van der Waals surface area contributed by atoms with Crippen molar-refractivity contribution in [2.45, 2.75) is 294 Å². The van der Waals surface area contributed by atoms with Crippen molar-refractivity contribution in [3.63, 3.8) is 0 Å². The molecule has 10 rings (SSSR count). The normalized spacial score (nSPS) is 52.1. The summed E-state index contributed by atoms with van der Waals surface area (Å²) < 4.78 is 75.5. The SMILES string of the molecule is CC=C(C)C(=O)OC1C(OC(C)=O)C23C(O)OC4(CCC5C6(C)CCC(OC7OC(C(=O)O)C(O)C(OC8OC(CO)C(O)C(O)C8OC8OC(C)C(O)C(O)C8O)C7OC7OC(CO)C(O)C(O)C7O)C(C)(C)C6CCC5(C)C4(C)CC2OC(C)=O)C3CC1(C)C. The van der Waals surface area contributed by atoms with Gasteiger partial charge in [-0.1, -0.05) is 54.5 Å². The Labute approximate surface area is 533 Å². The summed E-state index contributed by atoms with van der Waals surface area (Å²) in [6.07, 6.45) is -39.5. The number of carboxylic acids is 1. The first-order valence-corrected chi connectivity index (χ1v) is 32.2. The number of rotatable bonds is 15. The smallest absolute Gasteiger partial charge is 0.335 e. The van der Waals surface area contributed by atoms with Gasteiger partial charge in [0.2, 0.25) is 0 Å². The van der Waals surface area contributed by atoms with Gasteiger partial charge in [-0.25, -0.2) is 9.59 Å². The lowest BCUT2D eigenvalue weighted by Crippen LogP contribution is -2.77. The zero-order valence-corrected chi connectivity index (χ0v) is 54.2. The van der Waals surface area contributed by atoms with Crippen LogP contribution in [0.4, 0.5) is 0 Å². The lowest BCUT2D eigenvalue weighted by atomic mass is 9.30. The van der Waals surface area contributed by atoms with Crippen molar-refractivity contribution in [2.75, 3.05) is 13.2 Å². The number of hydrogen-bond donors (Lipinski definition) is 13. The molecule has 33 atom stereocenters. The van der Waals surface area contributed by atoms with Crippen molar-refractivity contribution < 1.29 is 142 Å². The fourth-order valence-electron chi connectivity index (χ4n) is 19.3. The molecule has 10 fully saturated rings. The second kappa shape index (κ2) is 25.6. The van der Waals surface area contributed by atoms with Crippen molar-refractivity contribution in [3.8, 4) is 0 Å². The van der Waals surface area contributed by atoms with Crippen LogP contribution in [0.3, 0.4) is 0 Å². The molecule has 92 heavy (non-hydrogen) atoms. The number of fused-ring (bicyclic) bond motifs is 4. The van der Waals surface area contributed by atoms with Gasteiger partial charge < -0.3 is 123 Å². The van der Waals surface area contributed by atoms with Crippen LogP contribution in [0, 0.1) is 50.2 Å². The third-order valence-corrected chi connectivity index (χ3v) is 24.3. The second-order valence-corrected chi connectivity index (χ2v) is 29.8. The molecular formula is C63H98O29. The molecule has 2 bridgehead atoms. The molecule has 10 aliphatic rings. The van der Waals surface area contributed by atoms with Crippen LogP contribution in [0.2, 0.25) is 0 Å². The number of carbonyl (C=O) groups is 4. The number of hydrogen-bond acceptors (Lipinski definition) is 28. The van der Waals surface area contributed by atoms with E-state index in [4.69, 9.17) is 56.8 Å². The van der Waals surface area contributed by atoms with E-state index in [0.29, 0.717) is 44.1 Å². The summed E-state index contributed by atoms with van der Waals surface area (Å²) in [7, 11) is 0. The minimum Gasteiger partial charge on any atom is -0.479 e. The number of carbonyl (C=O) groups excluding carboxylic acids is 3. The molecule has 0 radical (unpaired) electrons. The van der Waals surface area contributed by atoms with Gasteiger partial charge in [0.15, 0.2) is 43.7 Å². The summed E-state index contributed by atoms with van der Waals surface area (Å²) in [5.41, 5.74) is -6.14. The van der Waals surface area contributed by atoms with Crippen LogP contribution in [0.1, 0.15) is 134 Å². The third-order valence-electron chi connectivity index (χ3n) is 24.3. The first-order valence-electron chi connectivity index (χ1n) is 32.2. The minimum absolute atomic E-state index is 0.0914. The molecule has 13 N–H and O–H groups in total. The molecule has 0 aromatic rings. The molecule has 33 unspecified atom stereocenters. The molecule has 29 heteroatoms. The van der Waals surface area contributed by atoms with Crippen LogP contribution >= 0.6 is 0 Å². The molecule has 5 aliphatic carbocycles. The molecule has 5 aliphatic heterocycles. The summed E-state index contributed by atoms with van der Waals surface area (Å²) in [5, 5.41) is 145. The number of ether oxygens (including phenoxy) is 12. The van der Waals surface area contributed by atoms with Crippen LogP contribution in [0.5, 0.6) is 0 Å². The van der Waals surface area contributed by atoms with E-state index < -0.39 is 235 Å². The molecule has 5 saturated carbocycles. The average molecular weight is 1320 g/mol. The van der Waals surface area contributed by atoms with Gasteiger partial charge in [0.05, 0.1) is 31.0 Å². The van der Waals surface area contributed by atoms with Crippen molar-refractivity contribution in [3.05, 3.63) is 11.6 Å². The lowest BCUT2D eigenvalue weighted by molar-refractivity contribution is -0.406. The van der Waals surface area contributed by atoms with Crippen LogP contribution < -0.4 is 0 Å². The van der Waals surface area contributed by atoms with E-state index in [1.54, 1.807) is 19.9 Å². The predicted octanol–water partition coefficient (Wildman–Crippen LogP) is -1.31. The number of aliphatic hydroxyl groups excluding tert-OH is 12. The summed E-state index contributed by atoms with van der Waals surface area (Å²) >= 11 is 0. The zero-order valence-electron chi connectivity index (χ0n) is 54.2. The van der Waals surface area contributed by atoms with E-state index in [9.17, 15) is 85.6 Å². The van der Waals surface area contributed by atoms with E-state index in [-0.39, 0.29) is 24.7 Å². The third kappa shape index (κ3) is 11.1. The van der Waals surface area contributed by atoms with E-state index in [1.165, 1.54) is 20.8 Å². The van der Waals surface area contributed by atoms with Crippen LogP contribution in [0.25, 0.3) is 0 Å². The Morgan fingerprint density at radius 2 is 1.09 bits per heavy atom. The van der Waals surface area contributed by atoms with Crippen molar-refractivity contribution >= 4 is 23.9 Å². The first-order chi connectivity index (χ1) is 42.9. The quantitative estimate of drug-likeness (QED) is 0.0392. The van der Waals surface area contributed by atoms with Gasteiger partial charge in [0.1, 0.15) is 103 Å². The van der Waals surface area contributed by atoms with Gasteiger partial charge in [-0.3, -0.25) is 9.59 Å². The average Bonchev–Trinajstić information content (AvgIpc) is 1.37. The Balaban J connectivity index is 0.989. The largest absolute Gasteiger partial charge is 0.479 e. The molecule has 1 spiro atoms. The van der Waals surface area contributed by atoms with E-state index in [0.717, 1.165) is 0 Å². The fraction of sp³-hybridized carbons (Fsp3) is 0.905. The maximum absolute atomic E-state index is 13.7. The van der Waals surface area contributed by atoms with Crippen molar-refractivity contribution in [1.29, 1.82) is 0 Å². The monoisotopic (exact) mass is 1320 g/mol. The molecule has 0 amide bonds. The van der Waals surface area contributed by atoms with Crippen LogP contribution in [0.15, 0.2) is 11.6 Å². The Bertz CT molecular complexity index is 2750. The maximum atomic E-state index is 13.7. The van der Waals surface area contributed by atoms with Gasteiger partial charge in [0, 0.05) is 36.2 Å². The molecule has 5 saturated heterocycles. The van der Waals surface area contributed by atoms with Gasteiger partial charge in [-0.15, -0.1) is 0 Å². The predicted molar refractivity (Wildman–Crippen MR) is 308 cm³/mol. The lowest BCUT2D eigenvalue weighted by Gasteiger charge is -2.75. The molecule has 29 nitrogen and oxygen atoms in total. The Morgan fingerprint density at radius 1 is 0.533 bits per heavy atom. The highest BCUT2D eigenvalue weighted by atomic mass is 16.8. The Hall–Kier alpha value is -3.22. The number of aliphatic hydroxyl groups is 12. The van der Waals surface area contributed by atoms with Gasteiger partial charge in [-0.2, -0.15) is 0 Å². The summed E-state index contributed by atoms with van der Waals surface area (Å²) in [5.74, 6) is -4.61. The van der Waals surface area contributed by atoms with E-state index in [1.807, 2.05) is 27.7 Å². The minimum atomic E-state index is -2.31. The highest BCUT2D eigenvalue weighted by Gasteiger charge is 2.86. The first kappa shape index (κ1) is 71.5. The van der Waals surface area contributed by atoms with Crippen molar-refractivity contribution in [1.82, 2.24) is 0 Å². The molecule has 5 heterocycles. The highest BCUT2D eigenvalue weighted by molar-refractivity contribution is 5.87. The topological polar surface area (TPSA) is 442 Å². The molecule has 0 aromatic heterocycles. The second-order valence-electron chi connectivity index (χ2n) is 29.8. The van der Waals surface area contributed by atoms with E-state index in [2.05, 4.69) is 20.8 Å². The van der Waals surface area contributed by atoms with Crippen LogP contribution in [-0.2, 0) is 76.0 Å². The van der Waals surface area contributed by atoms with Gasteiger partial charge in [-0.05, 0) is 100 Å². The number of aliphatic carboxylic acids is 1. The summed E-state index contributed by atoms with van der Waals surface area (Å²) in [6.45, 7) is 19.8. The number of esters is 3. The highest BCUT2D eigenvalue weighted by Crippen LogP contribution is 2.82. The Kier molecular flexibility index (Phi) is 19.9. The number of allylic oxidation sites excluding steroid dienone is 1. The van der Waals surface area contributed by atoms with Crippen LogP contribution in [-0.4, -0.2) is 263 Å². The number of carboxylic acid groups (broad SMARTS) is 1. The van der Waals surface area contributed by atoms with Gasteiger partial charge >= 0.3 is 23.9 Å².